The number of benzene rings is 1. The van der Waals surface area contributed by atoms with Crippen LogP contribution in [-0.4, -0.2) is 14.8 Å². The third kappa shape index (κ3) is 3.04. The molecule has 102 valence electrons. The number of ether oxygens (including phenoxy) is 1. The largest absolute Gasteiger partial charge is 0.483 e. The van der Waals surface area contributed by atoms with Crippen molar-refractivity contribution in [3.8, 4) is 5.75 Å². The minimum atomic E-state index is -0.422. The van der Waals surface area contributed by atoms with E-state index in [9.17, 15) is 4.39 Å². The zero-order chi connectivity index (χ0) is 14.0. The van der Waals surface area contributed by atoms with Crippen LogP contribution in [0.25, 0.3) is 0 Å². The summed E-state index contributed by atoms with van der Waals surface area (Å²) in [4.78, 5) is 4.11. The van der Waals surface area contributed by atoms with Crippen LogP contribution in [0.5, 0.6) is 5.75 Å². The van der Waals surface area contributed by atoms with Gasteiger partial charge >= 0.3 is 0 Å². The standard InChI is InChI=1S/C12H14BrFN4O/c1-7(2)18-12(16-6-17-18)5-19-11-4-9(14)8(13)3-10(11)15/h3-4,6-7H,5,15H2,1-2H3. The van der Waals surface area contributed by atoms with Crippen molar-refractivity contribution in [3.05, 3.63) is 34.6 Å². The molecule has 0 fully saturated rings. The summed E-state index contributed by atoms with van der Waals surface area (Å²) in [5.41, 5.74) is 6.13. The Morgan fingerprint density at radius 3 is 2.89 bits per heavy atom. The molecule has 0 spiro atoms. The lowest BCUT2D eigenvalue weighted by molar-refractivity contribution is 0.282. The van der Waals surface area contributed by atoms with E-state index in [2.05, 4.69) is 26.0 Å². The third-order valence-electron chi connectivity index (χ3n) is 2.55. The van der Waals surface area contributed by atoms with Gasteiger partial charge in [0.2, 0.25) is 0 Å². The number of anilines is 1. The van der Waals surface area contributed by atoms with Gasteiger partial charge in [-0.2, -0.15) is 5.10 Å². The molecular formula is C12H14BrFN4O. The summed E-state index contributed by atoms with van der Waals surface area (Å²) in [6.45, 7) is 4.17. The van der Waals surface area contributed by atoms with Crippen LogP contribution in [0, 0.1) is 5.82 Å². The van der Waals surface area contributed by atoms with E-state index in [0.717, 1.165) is 0 Å². The molecular weight excluding hydrogens is 315 g/mol. The van der Waals surface area contributed by atoms with Crippen LogP contribution in [-0.2, 0) is 6.61 Å². The number of nitrogens with two attached hydrogens (primary N) is 1. The van der Waals surface area contributed by atoms with Gasteiger partial charge in [-0.3, -0.25) is 0 Å². The maximum absolute atomic E-state index is 13.4. The fourth-order valence-electron chi connectivity index (χ4n) is 1.62. The number of halogens is 2. The van der Waals surface area contributed by atoms with Crippen molar-refractivity contribution in [1.29, 1.82) is 0 Å². The first-order chi connectivity index (χ1) is 8.99. The summed E-state index contributed by atoms with van der Waals surface area (Å²) < 4.78 is 21.0. The molecule has 19 heavy (non-hydrogen) atoms. The average Bonchev–Trinajstić information content (AvgIpc) is 2.80. The molecule has 5 nitrogen and oxygen atoms in total. The van der Waals surface area contributed by atoms with Gasteiger partial charge in [-0.15, -0.1) is 0 Å². The number of aromatic nitrogens is 3. The Hall–Kier alpha value is -1.63. The van der Waals surface area contributed by atoms with E-state index in [1.165, 1.54) is 18.5 Å². The summed E-state index contributed by atoms with van der Waals surface area (Å²) in [7, 11) is 0. The van der Waals surface area contributed by atoms with Crippen LogP contribution in [0.15, 0.2) is 22.9 Å². The lowest BCUT2D eigenvalue weighted by atomic mass is 10.3. The second-order valence-corrected chi connectivity index (χ2v) is 5.16. The highest BCUT2D eigenvalue weighted by Gasteiger charge is 2.11. The summed E-state index contributed by atoms with van der Waals surface area (Å²) in [6.07, 6.45) is 1.46. The Morgan fingerprint density at radius 2 is 2.21 bits per heavy atom. The quantitative estimate of drug-likeness (QED) is 0.876. The fourth-order valence-corrected chi connectivity index (χ4v) is 1.98. The van der Waals surface area contributed by atoms with E-state index in [0.29, 0.717) is 21.7 Å². The lowest BCUT2D eigenvalue weighted by Gasteiger charge is -2.12. The molecule has 0 bridgehead atoms. The van der Waals surface area contributed by atoms with Crippen molar-refractivity contribution in [2.45, 2.75) is 26.5 Å². The molecule has 1 aromatic heterocycles. The molecule has 0 aliphatic rings. The topological polar surface area (TPSA) is 66.0 Å². The van der Waals surface area contributed by atoms with Crippen LogP contribution in [0.3, 0.4) is 0 Å². The van der Waals surface area contributed by atoms with Crippen molar-refractivity contribution >= 4 is 21.6 Å². The molecule has 0 aliphatic carbocycles. The van der Waals surface area contributed by atoms with Crippen LogP contribution >= 0.6 is 15.9 Å². The maximum Gasteiger partial charge on any atom is 0.165 e. The molecule has 2 rings (SSSR count). The zero-order valence-corrected chi connectivity index (χ0v) is 12.2. The third-order valence-corrected chi connectivity index (χ3v) is 3.15. The number of hydrogen-bond acceptors (Lipinski definition) is 4. The van der Waals surface area contributed by atoms with Gasteiger partial charge in [0, 0.05) is 12.1 Å². The Balaban J connectivity index is 2.15. The SMILES string of the molecule is CC(C)n1ncnc1COc1cc(F)c(Br)cc1N. The van der Waals surface area contributed by atoms with E-state index in [1.54, 1.807) is 4.68 Å². The summed E-state index contributed by atoms with van der Waals surface area (Å²) in [5.74, 6) is 0.534. The predicted octanol–water partition coefficient (Wildman–Crippen LogP) is 2.92. The molecule has 1 heterocycles. The van der Waals surface area contributed by atoms with E-state index in [4.69, 9.17) is 10.5 Å². The molecule has 0 saturated carbocycles. The van der Waals surface area contributed by atoms with Crippen molar-refractivity contribution in [2.75, 3.05) is 5.73 Å². The van der Waals surface area contributed by atoms with Gasteiger partial charge < -0.3 is 10.5 Å². The van der Waals surface area contributed by atoms with Crippen LogP contribution in [0.2, 0.25) is 0 Å². The minimum Gasteiger partial charge on any atom is -0.483 e. The second kappa shape index (κ2) is 5.56. The Morgan fingerprint density at radius 1 is 1.47 bits per heavy atom. The van der Waals surface area contributed by atoms with Gasteiger partial charge in [0.25, 0.3) is 0 Å². The molecule has 2 N–H and O–H groups in total. The highest BCUT2D eigenvalue weighted by atomic mass is 79.9. The Kier molecular flexibility index (Phi) is 4.04. The van der Waals surface area contributed by atoms with Gasteiger partial charge in [0.1, 0.15) is 24.5 Å². The Labute approximate surface area is 118 Å². The number of rotatable bonds is 4. The van der Waals surface area contributed by atoms with Crippen molar-refractivity contribution in [1.82, 2.24) is 14.8 Å². The molecule has 0 unspecified atom stereocenters. The van der Waals surface area contributed by atoms with Gasteiger partial charge in [-0.25, -0.2) is 14.1 Å². The van der Waals surface area contributed by atoms with Gasteiger partial charge in [0.05, 0.1) is 10.2 Å². The number of nitrogen functional groups attached to an aromatic ring is 1. The molecule has 0 atom stereocenters. The van der Waals surface area contributed by atoms with Crippen molar-refractivity contribution in [3.63, 3.8) is 0 Å². The molecule has 2 aromatic rings. The molecule has 7 heteroatoms. The molecule has 1 aromatic carbocycles. The van der Waals surface area contributed by atoms with Gasteiger partial charge in [-0.1, -0.05) is 0 Å². The van der Waals surface area contributed by atoms with E-state index in [1.807, 2.05) is 13.8 Å². The normalized spacial score (nSPS) is 11.0. The predicted molar refractivity (Wildman–Crippen MR) is 73.3 cm³/mol. The first-order valence-electron chi connectivity index (χ1n) is 5.74. The monoisotopic (exact) mass is 328 g/mol. The van der Waals surface area contributed by atoms with Gasteiger partial charge in [-0.05, 0) is 35.8 Å². The first kappa shape index (κ1) is 13.8. The second-order valence-electron chi connectivity index (χ2n) is 4.31. The van der Waals surface area contributed by atoms with Gasteiger partial charge in [0.15, 0.2) is 5.82 Å². The number of nitrogens with zero attached hydrogens (tertiary/aromatic N) is 3. The smallest absolute Gasteiger partial charge is 0.165 e. The molecule has 0 aliphatic heterocycles. The molecule has 0 saturated heterocycles. The van der Waals surface area contributed by atoms with E-state index < -0.39 is 5.82 Å². The molecule has 0 amide bonds. The van der Waals surface area contributed by atoms with Crippen LogP contribution in [0.1, 0.15) is 25.7 Å². The first-order valence-corrected chi connectivity index (χ1v) is 6.54. The van der Waals surface area contributed by atoms with Crippen LogP contribution in [0.4, 0.5) is 10.1 Å². The van der Waals surface area contributed by atoms with E-state index >= 15 is 0 Å². The highest BCUT2D eigenvalue weighted by molar-refractivity contribution is 9.10. The lowest BCUT2D eigenvalue weighted by Crippen LogP contribution is -2.11. The summed E-state index contributed by atoms with van der Waals surface area (Å²) in [5, 5.41) is 4.09. The van der Waals surface area contributed by atoms with Crippen molar-refractivity contribution in [2.24, 2.45) is 0 Å². The molecule has 0 radical (unpaired) electrons. The Bertz CT molecular complexity index is 585. The highest BCUT2D eigenvalue weighted by Crippen LogP contribution is 2.28. The average molecular weight is 329 g/mol. The maximum atomic E-state index is 13.4. The minimum absolute atomic E-state index is 0.181. The van der Waals surface area contributed by atoms with Crippen molar-refractivity contribution < 1.29 is 9.13 Å². The fraction of sp³-hybridized carbons (Fsp3) is 0.333. The summed E-state index contributed by atoms with van der Waals surface area (Å²) in [6, 6.07) is 2.90. The zero-order valence-electron chi connectivity index (χ0n) is 10.6. The van der Waals surface area contributed by atoms with Crippen LogP contribution < -0.4 is 10.5 Å². The number of hydrogen-bond donors (Lipinski definition) is 1. The van der Waals surface area contributed by atoms with E-state index in [-0.39, 0.29) is 12.6 Å². The summed E-state index contributed by atoms with van der Waals surface area (Å²) >= 11 is 3.06.